The first-order chi connectivity index (χ1) is 14.0. The molecule has 1 amide bonds. The monoisotopic (exact) mass is 416 g/mol. The van der Waals surface area contributed by atoms with Gasteiger partial charge in [-0.05, 0) is 36.1 Å². The Morgan fingerprint density at radius 2 is 2.03 bits per heavy atom. The van der Waals surface area contributed by atoms with Crippen LogP contribution in [0.3, 0.4) is 0 Å². The van der Waals surface area contributed by atoms with Gasteiger partial charge in [-0.3, -0.25) is 14.4 Å². The molecule has 0 radical (unpaired) electrons. The maximum Gasteiger partial charge on any atom is 0.407 e. The lowest BCUT2D eigenvalue weighted by Crippen LogP contribution is -2.47. The number of rotatable bonds is 5. The summed E-state index contributed by atoms with van der Waals surface area (Å²) in [6.07, 6.45) is 3.52. The van der Waals surface area contributed by atoms with Gasteiger partial charge in [0.2, 0.25) is 11.2 Å². The smallest absolute Gasteiger partial charge is 0.407 e. The summed E-state index contributed by atoms with van der Waals surface area (Å²) in [4.78, 5) is 23.4. The second-order valence-corrected chi connectivity index (χ2v) is 7.88. The third-order valence-corrected chi connectivity index (χ3v) is 5.56. The van der Waals surface area contributed by atoms with Crippen molar-refractivity contribution < 1.29 is 9.90 Å². The van der Waals surface area contributed by atoms with Gasteiger partial charge in [-0.1, -0.05) is 0 Å². The molecule has 1 saturated carbocycles. The van der Waals surface area contributed by atoms with Crippen LogP contribution in [0.5, 0.6) is 0 Å². The fraction of sp³-hybridized carbons (Fsp3) is 0.444. The van der Waals surface area contributed by atoms with Gasteiger partial charge in [0, 0.05) is 56.6 Å². The average molecular weight is 417 g/mol. The van der Waals surface area contributed by atoms with Crippen molar-refractivity contribution in [3.8, 4) is 0 Å². The van der Waals surface area contributed by atoms with Crippen LogP contribution in [0.1, 0.15) is 30.0 Å². The van der Waals surface area contributed by atoms with Crippen LogP contribution in [0.4, 0.5) is 16.6 Å². The third-order valence-electron chi connectivity index (χ3n) is 5.39. The number of nitrogens with zero attached hydrogens (tertiary/aromatic N) is 6. The first-order valence-electron chi connectivity index (χ1n) is 9.62. The summed E-state index contributed by atoms with van der Waals surface area (Å²) in [6, 6.07) is 3.98. The summed E-state index contributed by atoms with van der Waals surface area (Å²) in [6.45, 7) is 3.15. The summed E-state index contributed by atoms with van der Waals surface area (Å²) in [7, 11) is 0. The fourth-order valence-electron chi connectivity index (χ4n) is 3.67. The first-order valence-corrected chi connectivity index (χ1v) is 10.00. The Bertz CT molecular complexity index is 1050. The van der Waals surface area contributed by atoms with Crippen molar-refractivity contribution >= 4 is 35.1 Å². The van der Waals surface area contributed by atoms with Crippen molar-refractivity contribution in [2.75, 3.05) is 31.5 Å². The predicted molar refractivity (Wildman–Crippen MR) is 107 cm³/mol. The molecule has 1 aliphatic heterocycles. The highest BCUT2D eigenvalue weighted by molar-refractivity contribution is 6.28. The van der Waals surface area contributed by atoms with E-state index in [9.17, 15) is 4.79 Å². The third kappa shape index (κ3) is 3.85. The van der Waals surface area contributed by atoms with Crippen molar-refractivity contribution in [1.29, 1.82) is 0 Å². The molecule has 3 N–H and O–H groups in total. The van der Waals surface area contributed by atoms with E-state index in [0.29, 0.717) is 56.1 Å². The van der Waals surface area contributed by atoms with Gasteiger partial charge < -0.3 is 15.3 Å². The van der Waals surface area contributed by atoms with E-state index < -0.39 is 6.09 Å². The Morgan fingerprint density at radius 3 is 2.76 bits per heavy atom. The number of aromatic nitrogens is 5. The Balaban J connectivity index is 1.34. The average Bonchev–Trinajstić information content (AvgIpc) is 3.30. The number of carbonyl (C=O) groups is 1. The number of hydrogen-bond acceptors (Lipinski definition) is 6. The molecular formula is C18H21ClN8O2. The van der Waals surface area contributed by atoms with Gasteiger partial charge in [0.25, 0.3) is 0 Å². The van der Waals surface area contributed by atoms with Gasteiger partial charge in [0.15, 0.2) is 5.82 Å². The molecule has 152 valence electrons. The lowest BCUT2D eigenvalue weighted by molar-refractivity contribution is 0.103. The molecule has 0 unspecified atom stereocenters. The zero-order valence-corrected chi connectivity index (χ0v) is 16.4. The van der Waals surface area contributed by atoms with Crippen molar-refractivity contribution in [2.45, 2.75) is 25.3 Å². The topological polar surface area (TPSA) is 115 Å². The molecule has 0 spiro atoms. The summed E-state index contributed by atoms with van der Waals surface area (Å²) in [5, 5.41) is 19.9. The second-order valence-electron chi connectivity index (χ2n) is 7.55. The Labute approximate surface area is 171 Å². The van der Waals surface area contributed by atoms with Gasteiger partial charge in [0.1, 0.15) is 5.65 Å². The van der Waals surface area contributed by atoms with Crippen LogP contribution in [-0.2, 0) is 6.54 Å². The maximum absolute atomic E-state index is 11.1. The van der Waals surface area contributed by atoms with E-state index in [1.807, 2.05) is 22.7 Å². The number of nitrogens with one attached hydrogen (secondary N) is 2. The molecule has 3 aromatic rings. The van der Waals surface area contributed by atoms with E-state index >= 15 is 0 Å². The minimum absolute atomic E-state index is 0.165. The largest absolute Gasteiger partial charge is 0.465 e. The summed E-state index contributed by atoms with van der Waals surface area (Å²) < 4.78 is 1.86. The number of halogens is 1. The lowest BCUT2D eigenvalue weighted by atomic mass is 10.2. The first kappa shape index (κ1) is 18.2. The van der Waals surface area contributed by atoms with Crippen molar-refractivity contribution in [2.24, 2.45) is 0 Å². The van der Waals surface area contributed by atoms with Crippen molar-refractivity contribution in [3.63, 3.8) is 0 Å². The highest BCUT2D eigenvalue weighted by Crippen LogP contribution is 2.39. The number of fused-ring (bicyclic) bond motifs is 1. The van der Waals surface area contributed by atoms with Crippen LogP contribution in [0.15, 0.2) is 18.3 Å². The highest BCUT2D eigenvalue weighted by atomic mass is 35.5. The normalized spacial score (nSPS) is 17.8. The van der Waals surface area contributed by atoms with Gasteiger partial charge in [-0.2, -0.15) is 15.1 Å². The van der Waals surface area contributed by atoms with E-state index in [4.69, 9.17) is 16.7 Å². The molecule has 0 aromatic carbocycles. The van der Waals surface area contributed by atoms with Crippen molar-refractivity contribution in [1.82, 2.24) is 34.4 Å². The fourth-order valence-corrected chi connectivity index (χ4v) is 3.84. The molecule has 1 saturated heterocycles. The minimum Gasteiger partial charge on any atom is -0.465 e. The molecular weight excluding hydrogens is 396 g/mol. The highest BCUT2D eigenvalue weighted by Gasteiger charge is 2.26. The summed E-state index contributed by atoms with van der Waals surface area (Å²) in [5.41, 5.74) is 2.90. The summed E-state index contributed by atoms with van der Waals surface area (Å²) >= 11 is 6.13. The number of anilines is 2. The molecule has 5 rings (SSSR count). The number of amides is 1. The number of hydrogen-bond donors (Lipinski definition) is 3. The lowest BCUT2D eigenvalue weighted by Gasteiger charge is -2.32. The van der Waals surface area contributed by atoms with E-state index in [-0.39, 0.29) is 5.28 Å². The molecule has 1 aliphatic carbocycles. The van der Waals surface area contributed by atoms with E-state index in [0.717, 1.165) is 11.3 Å². The van der Waals surface area contributed by atoms with Crippen LogP contribution in [0, 0.1) is 0 Å². The molecule has 0 atom stereocenters. The molecule has 3 aromatic heterocycles. The quantitative estimate of drug-likeness (QED) is 0.585. The van der Waals surface area contributed by atoms with E-state index in [1.54, 1.807) is 0 Å². The summed E-state index contributed by atoms with van der Waals surface area (Å²) in [5.74, 6) is 1.84. The Kier molecular flexibility index (Phi) is 4.51. The zero-order chi connectivity index (χ0) is 20.0. The molecule has 2 aliphatic rings. The second kappa shape index (κ2) is 7.20. The standard InChI is InChI=1S/C18H21ClN8O2/c19-16-21-15-7-11(9-25-3-5-26(6-4-25)18(28)29)10-27(15)17(22-16)20-14-8-13(23-24-14)12-1-2-12/h7-8,10,12H,1-6,9H2,(H,28,29)(H2,20,21,22,23,24). The van der Waals surface area contributed by atoms with Crippen LogP contribution in [0.2, 0.25) is 5.28 Å². The minimum atomic E-state index is -0.858. The molecule has 2 fully saturated rings. The molecule has 11 heteroatoms. The predicted octanol–water partition coefficient (Wildman–Crippen LogP) is 2.52. The molecule has 4 heterocycles. The van der Waals surface area contributed by atoms with Crippen LogP contribution < -0.4 is 5.32 Å². The van der Waals surface area contributed by atoms with E-state index in [2.05, 4.69) is 30.4 Å². The number of aromatic amines is 1. The number of H-pyrrole nitrogens is 1. The molecule has 0 bridgehead atoms. The van der Waals surface area contributed by atoms with Crippen molar-refractivity contribution in [3.05, 3.63) is 34.9 Å². The Morgan fingerprint density at radius 1 is 1.24 bits per heavy atom. The number of carboxylic acid groups (broad SMARTS) is 1. The molecule has 10 nitrogen and oxygen atoms in total. The van der Waals surface area contributed by atoms with Gasteiger partial charge in [-0.25, -0.2) is 4.79 Å². The van der Waals surface area contributed by atoms with Gasteiger partial charge >= 0.3 is 6.09 Å². The SMILES string of the molecule is O=C(O)N1CCN(Cc2cc3nc(Cl)nc(Nc4cc(C5CC5)[nH]n4)n3c2)CC1. The van der Waals surface area contributed by atoms with Gasteiger partial charge in [-0.15, -0.1) is 0 Å². The maximum atomic E-state index is 11.1. The molecule has 29 heavy (non-hydrogen) atoms. The Hall–Kier alpha value is -2.85. The van der Waals surface area contributed by atoms with Crippen LogP contribution in [0.25, 0.3) is 5.65 Å². The van der Waals surface area contributed by atoms with Crippen LogP contribution >= 0.6 is 11.6 Å². The van der Waals surface area contributed by atoms with E-state index in [1.165, 1.54) is 17.7 Å². The zero-order valence-electron chi connectivity index (χ0n) is 15.7. The van der Waals surface area contributed by atoms with Crippen LogP contribution in [-0.4, -0.2) is 71.7 Å². The number of piperazine rings is 1. The van der Waals surface area contributed by atoms with Gasteiger partial charge in [0.05, 0.1) is 0 Å².